The van der Waals surface area contributed by atoms with Gasteiger partial charge in [-0.15, -0.1) is 0 Å². The van der Waals surface area contributed by atoms with Gasteiger partial charge >= 0.3 is 0 Å². The molecule has 0 unspecified atom stereocenters. The molecular formula is C26H26F2. The zero-order valence-corrected chi connectivity index (χ0v) is 16.5. The van der Waals surface area contributed by atoms with E-state index in [-0.39, 0.29) is 17.6 Å². The number of halogens is 2. The molecule has 28 heavy (non-hydrogen) atoms. The van der Waals surface area contributed by atoms with Crippen LogP contribution in [0.15, 0.2) is 66.7 Å². The van der Waals surface area contributed by atoms with Crippen LogP contribution < -0.4 is 0 Å². The van der Waals surface area contributed by atoms with Crippen molar-refractivity contribution in [2.75, 3.05) is 0 Å². The van der Waals surface area contributed by atoms with E-state index in [9.17, 15) is 8.78 Å². The summed E-state index contributed by atoms with van der Waals surface area (Å²) in [6.45, 7) is 4.18. The highest BCUT2D eigenvalue weighted by molar-refractivity contribution is 5.70. The molecule has 0 nitrogen and oxygen atoms in total. The topological polar surface area (TPSA) is 0 Å². The van der Waals surface area contributed by atoms with Crippen molar-refractivity contribution in [3.8, 4) is 0 Å². The Balaban J connectivity index is 1.71. The molecule has 0 amide bonds. The standard InChI is InChI=1S/C26H26F2/c1-3-7-20-10-13-23(25(27)17-20)14-11-21-12-15-24(26(28)18-21)16-19(2)22-8-5-4-6-9-22/h4-6,8-15,17-19H,3,7,16H2,1-2H3/t19-/m0/s1. The molecule has 3 aromatic carbocycles. The van der Waals surface area contributed by atoms with Gasteiger partial charge in [0.25, 0.3) is 0 Å². The number of aryl methyl sites for hydroxylation is 1. The Morgan fingerprint density at radius 2 is 1.64 bits per heavy atom. The molecule has 0 aromatic heterocycles. The van der Waals surface area contributed by atoms with Crippen LogP contribution >= 0.6 is 0 Å². The highest BCUT2D eigenvalue weighted by atomic mass is 19.1. The fourth-order valence-corrected chi connectivity index (χ4v) is 3.40. The first kappa shape index (κ1) is 20.0. The summed E-state index contributed by atoms with van der Waals surface area (Å²) in [6.07, 6.45) is 5.96. The van der Waals surface area contributed by atoms with Crippen LogP contribution in [0.2, 0.25) is 0 Å². The Labute approximate surface area is 166 Å². The monoisotopic (exact) mass is 376 g/mol. The molecule has 0 aliphatic heterocycles. The molecule has 0 spiro atoms. The average molecular weight is 376 g/mol. The van der Waals surface area contributed by atoms with Crippen molar-refractivity contribution in [3.63, 3.8) is 0 Å². The lowest BCUT2D eigenvalue weighted by Crippen LogP contribution is -2.00. The van der Waals surface area contributed by atoms with E-state index >= 15 is 0 Å². The van der Waals surface area contributed by atoms with Crippen LogP contribution in [-0.2, 0) is 12.8 Å². The van der Waals surface area contributed by atoms with E-state index in [4.69, 9.17) is 0 Å². The van der Waals surface area contributed by atoms with Crippen molar-refractivity contribution >= 4 is 12.2 Å². The van der Waals surface area contributed by atoms with Crippen molar-refractivity contribution in [1.82, 2.24) is 0 Å². The van der Waals surface area contributed by atoms with Gasteiger partial charge in [-0.05, 0) is 53.1 Å². The first-order chi connectivity index (χ1) is 13.6. The van der Waals surface area contributed by atoms with Crippen molar-refractivity contribution in [2.45, 2.75) is 39.0 Å². The molecule has 3 rings (SSSR count). The Kier molecular flexibility index (Phi) is 6.76. The summed E-state index contributed by atoms with van der Waals surface area (Å²) in [6, 6.07) is 20.7. The van der Waals surface area contributed by atoms with Crippen LogP contribution in [0, 0.1) is 11.6 Å². The van der Waals surface area contributed by atoms with Crippen LogP contribution in [0.5, 0.6) is 0 Å². The van der Waals surface area contributed by atoms with Gasteiger partial charge in [-0.25, -0.2) is 8.78 Å². The molecular weight excluding hydrogens is 350 g/mol. The number of hydrogen-bond donors (Lipinski definition) is 0. The first-order valence-corrected chi connectivity index (χ1v) is 9.86. The minimum absolute atomic E-state index is 0.219. The van der Waals surface area contributed by atoms with E-state index in [0.717, 1.165) is 24.0 Å². The van der Waals surface area contributed by atoms with Crippen molar-refractivity contribution in [3.05, 3.63) is 106 Å². The lowest BCUT2D eigenvalue weighted by molar-refractivity contribution is 0.597. The van der Waals surface area contributed by atoms with Crippen LogP contribution in [-0.4, -0.2) is 0 Å². The first-order valence-electron chi connectivity index (χ1n) is 9.86. The molecule has 3 aromatic rings. The van der Waals surface area contributed by atoms with E-state index in [1.165, 1.54) is 11.6 Å². The summed E-state index contributed by atoms with van der Waals surface area (Å²) in [5, 5.41) is 0. The molecule has 144 valence electrons. The van der Waals surface area contributed by atoms with Gasteiger partial charge in [-0.2, -0.15) is 0 Å². The average Bonchev–Trinajstić information content (AvgIpc) is 2.70. The van der Waals surface area contributed by atoms with E-state index < -0.39 is 0 Å². The van der Waals surface area contributed by atoms with E-state index in [0.29, 0.717) is 17.5 Å². The molecule has 0 N–H and O–H groups in total. The second kappa shape index (κ2) is 9.45. The highest BCUT2D eigenvalue weighted by Gasteiger charge is 2.10. The molecule has 2 heteroatoms. The molecule has 0 saturated carbocycles. The van der Waals surface area contributed by atoms with Crippen molar-refractivity contribution < 1.29 is 8.78 Å². The van der Waals surface area contributed by atoms with E-state index in [1.807, 2.05) is 36.4 Å². The molecule has 0 saturated heterocycles. The Morgan fingerprint density at radius 1 is 0.857 bits per heavy atom. The smallest absolute Gasteiger partial charge is 0.130 e. The summed E-state index contributed by atoms with van der Waals surface area (Å²) < 4.78 is 28.8. The molecule has 0 radical (unpaired) electrons. The Morgan fingerprint density at radius 3 is 2.32 bits per heavy atom. The molecule has 0 aliphatic carbocycles. The van der Waals surface area contributed by atoms with Crippen molar-refractivity contribution in [1.29, 1.82) is 0 Å². The van der Waals surface area contributed by atoms with Crippen molar-refractivity contribution in [2.24, 2.45) is 0 Å². The summed E-state index contributed by atoms with van der Waals surface area (Å²) in [7, 11) is 0. The predicted molar refractivity (Wildman–Crippen MR) is 114 cm³/mol. The Bertz CT molecular complexity index is 942. The summed E-state index contributed by atoms with van der Waals surface area (Å²) in [5.41, 5.74) is 4.14. The number of hydrogen-bond acceptors (Lipinski definition) is 0. The van der Waals surface area contributed by atoms with Crippen LogP contribution in [0.1, 0.15) is 54.0 Å². The molecule has 0 fully saturated rings. The molecule has 0 aliphatic rings. The lowest BCUT2D eigenvalue weighted by atomic mass is 9.93. The molecule has 0 heterocycles. The van der Waals surface area contributed by atoms with Gasteiger partial charge < -0.3 is 0 Å². The highest BCUT2D eigenvalue weighted by Crippen LogP contribution is 2.23. The third-order valence-corrected chi connectivity index (χ3v) is 5.03. The predicted octanol–water partition coefficient (Wildman–Crippen LogP) is 7.43. The van der Waals surface area contributed by atoms with Gasteiger partial charge in [0.05, 0.1) is 0 Å². The maximum atomic E-state index is 14.6. The maximum absolute atomic E-state index is 14.6. The summed E-state index contributed by atoms with van der Waals surface area (Å²) in [4.78, 5) is 0. The van der Waals surface area contributed by atoms with Crippen LogP contribution in [0.4, 0.5) is 8.78 Å². The van der Waals surface area contributed by atoms with Gasteiger partial charge in [0.2, 0.25) is 0 Å². The number of rotatable bonds is 7. The largest absolute Gasteiger partial charge is 0.207 e. The summed E-state index contributed by atoms with van der Waals surface area (Å²) >= 11 is 0. The van der Waals surface area contributed by atoms with E-state index in [1.54, 1.807) is 24.3 Å². The minimum atomic E-state index is -0.240. The zero-order valence-electron chi connectivity index (χ0n) is 16.5. The van der Waals surface area contributed by atoms with Crippen LogP contribution in [0.3, 0.4) is 0 Å². The SMILES string of the molecule is CCCc1ccc(C=Cc2ccc(C[C@H](C)c3ccccc3)c(F)c2)c(F)c1. The van der Waals surface area contributed by atoms with Gasteiger partial charge in [0.15, 0.2) is 0 Å². The number of benzene rings is 3. The van der Waals surface area contributed by atoms with Gasteiger partial charge in [0.1, 0.15) is 11.6 Å². The van der Waals surface area contributed by atoms with E-state index in [2.05, 4.69) is 26.0 Å². The Hall–Kier alpha value is -2.74. The molecule has 1 atom stereocenters. The second-order valence-electron chi connectivity index (χ2n) is 7.31. The second-order valence-corrected chi connectivity index (χ2v) is 7.31. The zero-order chi connectivity index (χ0) is 19.9. The quantitative estimate of drug-likeness (QED) is 0.376. The maximum Gasteiger partial charge on any atom is 0.130 e. The van der Waals surface area contributed by atoms with Gasteiger partial charge in [-0.3, -0.25) is 0 Å². The van der Waals surface area contributed by atoms with Gasteiger partial charge in [0, 0.05) is 5.56 Å². The van der Waals surface area contributed by atoms with Crippen LogP contribution in [0.25, 0.3) is 12.2 Å². The summed E-state index contributed by atoms with van der Waals surface area (Å²) in [5.74, 6) is -0.215. The van der Waals surface area contributed by atoms with Gasteiger partial charge in [-0.1, -0.05) is 87.0 Å². The minimum Gasteiger partial charge on any atom is -0.207 e. The fourth-order valence-electron chi connectivity index (χ4n) is 3.40. The third kappa shape index (κ3) is 5.16. The lowest BCUT2D eigenvalue weighted by Gasteiger charge is -2.13. The third-order valence-electron chi connectivity index (χ3n) is 5.03. The normalized spacial score (nSPS) is 12.4. The fraction of sp³-hybridized carbons (Fsp3) is 0.231. The molecule has 0 bridgehead atoms.